The maximum atomic E-state index is 12.3. The summed E-state index contributed by atoms with van der Waals surface area (Å²) in [4.78, 5) is 14.4. The van der Waals surface area contributed by atoms with Crippen LogP contribution in [0.3, 0.4) is 0 Å². The summed E-state index contributed by atoms with van der Waals surface area (Å²) < 4.78 is 2.01. The first-order valence-corrected chi connectivity index (χ1v) is 10.8. The van der Waals surface area contributed by atoms with Crippen molar-refractivity contribution in [2.24, 2.45) is 0 Å². The van der Waals surface area contributed by atoms with Crippen LogP contribution in [0.5, 0.6) is 0 Å². The SMILES string of the molecule is C=CCn1c(SCC(=O)NC2CCCCC2)nnc1-c1cccc(N(C)C)c1. The quantitative estimate of drug-likeness (QED) is 0.541. The molecule has 2 aromatic rings. The van der Waals surface area contributed by atoms with Crippen LogP contribution in [0, 0.1) is 0 Å². The molecule has 1 aliphatic carbocycles. The maximum absolute atomic E-state index is 12.3. The van der Waals surface area contributed by atoms with Crippen LogP contribution in [0.25, 0.3) is 11.4 Å². The number of hydrogen-bond acceptors (Lipinski definition) is 5. The van der Waals surface area contributed by atoms with E-state index in [0.717, 1.165) is 35.1 Å². The lowest BCUT2D eigenvalue weighted by molar-refractivity contribution is -0.119. The summed E-state index contributed by atoms with van der Waals surface area (Å²) in [6.07, 6.45) is 7.71. The molecule has 0 saturated heterocycles. The highest BCUT2D eigenvalue weighted by molar-refractivity contribution is 7.99. The molecule has 3 rings (SSSR count). The zero-order valence-electron chi connectivity index (χ0n) is 16.7. The Morgan fingerprint density at radius 2 is 2.11 bits per heavy atom. The number of carbonyl (C=O) groups is 1. The predicted octanol–water partition coefficient (Wildman–Crippen LogP) is 3.74. The lowest BCUT2D eigenvalue weighted by Crippen LogP contribution is -2.37. The highest BCUT2D eigenvalue weighted by Crippen LogP contribution is 2.27. The number of thioether (sulfide) groups is 1. The van der Waals surface area contributed by atoms with E-state index in [1.807, 2.05) is 36.9 Å². The molecule has 150 valence electrons. The van der Waals surface area contributed by atoms with Crippen molar-refractivity contribution in [1.29, 1.82) is 0 Å². The van der Waals surface area contributed by atoms with E-state index in [-0.39, 0.29) is 5.91 Å². The standard InChI is InChI=1S/C21H29N5OS/c1-4-13-26-20(16-9-8-12-18(14-16)25(2)3)23-24-21(26)28-15-19(27)22-17-10-6-5-7-11-17/h4,8-9,12,14,17H,1,5-7,10-11,13,15H2,2-3H3,(H,22,27). The number of amides is 1. The van der Waals surface area contributed by atoms with Gasteiger partial charge in [0, 0.05) is 37.9 Å². The summed E-state index contributed by atoms with van der Waals surface area (Å²) in [5.41, 5.74) is 2.10. The van der Waals surface area contributed by atoms with Gasteiger partial charge in [0.1, 0.15) is 0 Å². The smallest absolute Gasteiger partial charge is 0.230 e. The fraction of sp³-hybridized carbons (Fsp3) is 0.476. The summed E-state index contributed by atoms with van der Waals surface area (Å²) in [6.45, 7) is 4.45. The number of anilines is 1. The number of hydrogen-bond donors (Lipinski definition) is 1. The van der Waals surface area contributed by atoms with Crippen molar-refractivity contribution in [2.75, 3.05) is 24.7 Å². The van der Waals surface area contributed by atoms with Crippen LogP contribution in [0.15, 0.2) is 42.1 Å². The van der Waals surface area contributed by atoms with Crippen molar-refractivity contribution in [3.05, 3.63) is 36.9 Å². The predicted molar refractivity (Wildman–Crippen MR) is 116 cm³/mol. The van der Waals surface area contributed by atoms with Crippen molar-refractivity contribution < 1.29 is 4.79 Å². The van der Waals surface area contributed by atoms with Gasteiger partial charge in [0.2, 0.25) is 5.91 Å². The van der Waals surface area contributed by atoms with Gasteiger partial charge in [0.15, 0.2) is 11.0 Å². The molecule has 1 saturated carbocycles. The summed E-state index contributed by atoms with van der Waals surface area (Å²) in [7, 11) is 4.03. The second-order valence-electron chi connectivity index (χ2n) is 7.34. The van der Waals surface area contributed by atoms with E-state index in [1.54, 1.807) is 0 Å². The van der Waals surface area contributed by atoms with Crippen LogP contribution in [0.2, 0.25) is 0 Å². The maximum Gasteiger partial charge on any atom is 0.230 e. The molecule has 1 fully saturated rings. The normalized spacial score (nSPS) is 14.6. The third-order valence-electron chi connectivity index (χ3n) is 4.95. The molecule has 0 spiro atoms. The second-order valence-corrected chi connectivity index (χ2v) is 8.28. The monoisotopic (exact) mass is 399 g/mol. The average Bonchev–Trinajstić information content (AvgIpc) is 3.10. The Morgan fingerprint density at radius 1 is 1.32 bits per heavy atom. The Hall–Kier alpha value is -2.28. The summed E-state index contributed by atoms with van der Waals surface area (Å²) in [6, 6.07) is 8.52. The zero-order valence-corrected chi connectivity index (χ0v) is 17.5. The van der Waals surface area contributed by atoms with Gasteiger partial charge in [-0.3, -0.25) is 9.36 Å². The van der Waals surface area contributed by atoms with Gasteiger partial charge < -0.3 is 10.2 Å². The number of nitrogens with one attached hydrogen (secondary N) is 1. The van der Waals surface area contributed by atoms with E-state index in [9.17, 15) is 4.79 Å². The van der Waals surface area contributed by atoms with Gasteiger partial charge in [0.05, 0.1) is 5.75 Å². The molecule has 0 bridgehead atoms. The second kappa shape index (κ2) is 9.78. The van der Waals surface area contributed by atoms with Crippen molar-refractivity contribution in [1.82, 2.24) is 20.1 Å². The highest BCUT2D eigenvalue weighted by Gasteiger charge is 2.18. The van der Waals surface area contributed by atoms with Crippen LogP contribution in [0.4, 0.5) is 5.69 Å². The molecule has 28 heavy (non-hydrogen) atoms. The summed E-state index contributed by atoms with van der Waals surface area (Å²) >= 11 is 1.43. The molecule has 0 aliphatic heterocycles. The molecule has 6 nitrogen and oxygen atoms in total. The zero-order chi connectivity index (χ0) is 19.9. The Bertz CT molecular complexity index is 811. The molecule has 1 aromatic heterocycles. The average molecular weight is 400 g/mol. The fourth-order valence-electron chi connectivity index (χ4n) is 3.47. The third-order valence-corrected chi connectivity index (χ3v) is 5.92. The number of benzene rings is 1. The first-order chi connectivity index (χ1) is 13.6. The molecule has 1 aliphatic rings. The van der Waals surface area contributed by atoms with E-state index < -0.39 is 0 Å². The Kier molecular flexibility index (Phi) is 7.14. The topological polar surface area (TPSA) is 63.1 Å². The molecule has 0 unspecified atom stereocenters. The van der Waals surface area contributed by atoms with Gasteiger partial charge in [0.25, 0.3) is 0 Å². The first-order valence-electron chi connectivity index (χ1n) is 9.82. The molecule has 1 amide bonds. The van der Waals surface area contributed by atoms with Crippen LogP contribution in [0.1, 0.15) is 32.1 Å². The summed E-state index contributed by atoms with van der Waals surface area (Å²) in [5.74, 6) is 1.21. The van der Waals surface area contributed by atoms with Crippen molar-refractivity contribution in [3.63, 3.8) is 0 Å². The molecule has 1 aromatic carbocycles. The number of aromatic nitrogens is 3. The largest absolute Gasteiger partial charge is 0.378 e. The molecule has 1 N–H and O–H groups in total. The molecular formula is C21H29N5OS. The number of carbonyl (C=O) groups excluding carboxylic acids is 1. The van der Waals surface area contributed by atoms with Crippen LogP contribution < -0.4 is 10.2 Å². The van der Waals surface area contributed by atoms with E-state index in [1.165, 1.54) is 31.0 Å². The molecule has 0 atom stereocenters. The minimum absolute atomic E-state index is 0.0706. The van der Waals surface area contributed by atoms with Gasteiger partial charge in [-0.2, -0.15) is 0 Å². The minimum Gasteiger partial charge on any atom is -0.378 e. The molecule has 0 radical (unpaired) electrons. The van der Waals surface area contributed by atoms with Gasteiger partial charge >= 0.3 is 0 Å². The number of nitrogens with zero attached hydrogens (tertiary/aromatic N) is 4. The minimum atomic E-state index is 0.0706. The third kappa shape index (κ3) is 5.16. The van der Waals surface area contributed by atoms with Crippen LogP contribution in [-0.4, -0.2) is 46.6 Å². The Balaban J connectivity index is 1.71. The van der Waals surface area contributed by atoms with Crippen molar-refractivity contribution >= 4 is 23.4 Å². The van der Waals surface area contributed by atoms with E-state index in [2.05, 4.69) is 39.1 Å². The Morgan fingerprint density at radius 3 is 2.82 bits per heavy atom. The summed E-state index contributed by atoms with van der Waals surface area (Å²) in [5, 5.41) is 12.6. The first kappa shape index (κ1) is 20.5. The van der Waals surface area contributed by atoms with Crippen LogP contribution in [-0.2, 0) is 11.3 Å². The fourth-order valence-corrected chi connectivity index (χ4v) is 4.23. The van der Waals surface area contributed by atoms with Crippen molar-refractivity contribution in [3.8, 4) is 11.4 Å². The molecule has 7 heteroatoms. The van der Waals surface area contributed by atoms with Crippen LogP contribution >= 0.6 is 11.8 Å². The molecule has 1 heterocycles. The lowest BCUT2D eigenvalue weighted by atomic mass is 9.95. The van der Waals surface area contributed by atoms with Gasteiger partial charge in [-0.25, -0.2) is 0 Å². The Labute approximate surface area is 171 Å². The number of allylic oxidation sites excluding steroid dienone is 1. The van der Waals surface area contributed by atoms with E-state index in [4.69, 9.17) is 0 Å². The van der Waals surface area contributed by atoms with Gasteiger partial charge in [-0.05, 0) is 25.0 Å². The van der Waals surface area contributed by atoms with E-state index >= 15 is 0 Å². The molecular weight excluding hydrogens is 370 g/mol. The highest BCUT2D eigenvalue weighted by atomic mass is 32.2. The van der Waals surface area contributed by atoms with Gasteiger partial charge in [-0.1, -0.05) is 49.2 Å². The number of rotatable bonds is 8. The van der Waals surface area contributed by atoms with Gasteiger partial charge in [-0.15, -0.1) is 16.8 Å². The van der Waals surface area contributed by atoms with E-state index in [0.29, 0.717) is 18.3 Å². The lowest BCUT2D eigenvalue weighted by Gasteiger charge is -2.22. The van der Waals surface area contributed by atoms with Crippen molar-refractivity contribution in [2.45, 2.75) is 49.8 Å².